The molecule has 0 atom stereocenters. The highest BCUT2D eigenvalue weighted by Gasteiger charge is 2.37. The van der Waals surface area contributed by atoms with Crippen molar-refractivity contribution in [1.29, 1.82) is 0 Å². The van der Waals surface area contributed by atoms with Crippen molar-refractivity contribution < 1.29 is 0 Å². The topological polar surface area (TPSA) is 4.93 Å². The average Bonchev–Trinajstić information content (AvgIpc) is 3.59. The molecule has 2 heterocycles. The van der Waals surface area contributed by atoms with E-state index in [-0.39, 0.29) is 10.8 Å². The fourth-order valence-corrected chi connectivity index (χ4v) is 8.93. The number of hydrogen-bond acceptors (Lipinski definition) is 0. The van der Waals surface area contributed by atoms with E-state index >= 15 is 0 Å². The van der Waals surface area contributed by atoms with Gasteiger partial charge in [-0.1, -0.05) is 143 Å². The molecule has 0 fully saturated rings. The van der Waals surface area contributed by atoms with Gasteiger partial charge in [0.15, 0.2) is 0 Å². The van der Waals surface area contributed by atoms with Gasteiger partial charge in [0.1, 0.15) is 0 Å². The Balaban J connectivity index is 1.20. The number of hydrogen-bond donors (Lipinski definition) is 0. The van der Waals surface area contributed by atoms with E-state index in [1.807, 2.05) is 0 Å². The smallest absolute Gasteiger partial charge is 0.0582 e. The summed E-state index contributed by atoms with van der Waals surface area (Å²) in [4.78, 5) is 0. The van der Waals surface area contributed by atoms with Gasteiger partial charge in [-0.15, -0.1) is 0 Å². The van der Waals surface area contributed by atoms with E-state index in [2.05, 4.69) is 184 Å². The predicted octanol–water partition coefficient (Wildman–Crippen LogP) is 12.7. The number of nitrogens with zero attached hydrogens (tertiary/aromatic N) is 1. The third kappa shape index (κ3) is 3.93. The highest BCUT2D eigenvalue weighted by atomic mass is 15.0. The lowest BCUT2D eigenvalue weighted by atomic mass is 9.74. The monoisotopic (exact) mass is 627 g/mol. The zero-order chi connectivity index (χ0) is 33.1. The van der Waals surface area contributed by atoms with Crippen molar-refractivity contribution in [1.82, 2.24) is 4.57 Å². The summed E-state index contributed by atoms with van der Waals surface area (Å²) in [6.45, 7) is 9.54. The molecule has 1 nitrogen and oxygen atoms in total. The Morgan fingerprint density at radius 1 is 0.367 bits per heavy atom. The lowest BCUT2D eigenvalue weighted by molar-refractivity contribution is 0.630. The molecule has 0 spiro atoms. The van der Waals surface area contributed by atoms with Gasteiger partial charge in [0.25, 0.3) is 0 Å². The largest absolute Gasteiger partial charge is 0.309 e. The van der Waals surface area contributed by atoms with Gasteiger partial charge in [0, 0.05) is 21.6 Å². The van der Waals surface area contributed by atoms with Gasteiger partial charge in [-0.2, -0.15) is 0 Å². The van der Waals surface area contributed by atoms with Crippen LogP contribution in [0.4, 0.5) is 0 Å². The normalized spacial score (nSPS) is 14.9. The quantitative estimate of drug-likeness (QED) is 0.184. The van der Waals surface area contributed by atoms with E-state index in [0.29, 0.717) is 0 Å². The fraction of sp³-hybridized carbons (Fsp3) is 0.125. The molecule has 0 N–H and O–H groups in total. The van der Waals surface area contributed by atoms with Crippen LogP contribution in [0.1, 0.15) is 49.9 Å². The van der Waals surface area contributed by atoms with Gasteiger partial charge in [-0.3, -0.25) is 0 Å². The summed E-state index contributed by atoms with van der Waals surface area (Å²) in [5.74, 6) is 0. The van der Waals surface area contributed by atoms with Crippen molar-refractivity contribution in [2.24, 2.45) is 0 Å². The molecule has 10 rings (SSSR count). The predicted molar refractivity (Wildman–Crippen MR) is 207 cm³/mol. The zero-order valence-electron chi connectivity index (χ0n) is 28.4. The first-order chi connectivity index (χ1) is 23.8. The minimum absolute atomic E-state index is 0.0422. The second-order valence-electron chi connectivity index (χ2n) is 15.0. The van der Waals surface area contributed by atoms with Crippen LogP contribution < -0.4 is 0 Å². The van der Waals surface area contributed by atoms with Crippen molar-refractivity contribution in [2.75, 3.05) is 0 Å². The molecule has 49 heavy (non-hydrogen) atoms. The molecule has 1 aliphatic carbocycles. The van der Waals surface area contributed by atoms with Crippen molar-refractivity contribution in [3.63, 3.8) is 0 Å². The van der Waals surface area contributed by atoms with Crippen LogP contribution in [-0.4, -0.2) is 4.57 Å². The maximum atomic E-state index is 2.52. The second-order valence-corrected chi connectivity index (χ2v) is 15.0. The highest BCUT2D eigenvalue weighted by Crippen LogP contribution is 2.52. The van der Waals surface area contributed by atoms with Crippen molar-refractivity contribution >= 4 is 21.8 Å². The lowest BCUT2D eigenvalue weighted by Gasteiger charge is -2.35. The summed E-state index contributed by atoms with van der Waals surface area (Å²) in [7, 11) is 0. The molecule has 8 aromatic rings. The Morgan fingerprint density at radius 3 is 1.69 bits per heavy atom. The molecule has 1 heteroatoms. The molecule has 0 radical (unpaired) electrons. The van der Waals surface area contributed by atoms with Crippen LogP contribution >= 0.6 is 0 Å². The van der Waals surface area contributed by atoms with Crippen LogP contribution in [0, 0.1) is 0 Å². The lowest BCUT2D eigenvalue weighted by Crippen LogP contribution is -2.26. The number of benzene rings is 7. The summed E-state index contributed by atoms with van der Waals surface area (Å²) >= 11 is 0. The molecule has 234 valence electrons. The summed E-state index contributed by atoms with van der Waals surface area (Å²) < 4.78 is 2.52. The minimum atomic E-state index is -0.155. The molecule has 1 aromatic heterocycles. The van der Waals surface area contributed by atoms with Crippen LogP contribution in [0.15, 0.2) is 152 Å². The van der Waals surface area contributed by atoms with E-state index < -0.39 is 0 Å². The first-order valence-corrected chi connectivity index (χ1v) is 17.4. The minimum Gasteiger partial charge on any atom is -0.309 e. The molecule has 0 amide bonds. The van der Waals surface area contributed by atoms with E-state index in [4.69, 9.17) is 0 Å². The standard InChI is InChI=1S/C48H37N/c1-47(2)40-15-9-8-14-36(40)37-24-22-34(28-42(37)47)35-27-39-38-26-33(32-20-18-31(19-21-32)30-12-6-5-7-13-30)23-25-44(38)49-45-17-11-10-16-41(45)48(3,4)43(29-35)46(39)49/h5-29H,1-4H3. The van der Waals surface area contributed by atoms with Gasteiger partial charge in [0.2, 0.25) is 0 Å². The number of fused-ring (bicyclic) bond motifs is 8. The van der Waals surface area contributed by atoms with E-state index in [0.717, 1.165) is 0 Å². The van der Waals surface area contributed by atoms with E-state index in [1.165, 1.54) is 94.3 Å². The maximum absolute atomic E-state index is 2.52. The molecular weight excluding hydrogens is 591 g/mol. The molecule has 7 aromatic carbocycles. The summed E-state index contributed by atoms with van der Waals surface area (Å²) in [5.41, 5.74) is 19.5. The first kappa shape index (κ1) is 28.4. The summed E-state index contributed by atoms with van der Waals surface area (Å²) in [6.07, 6.45) is 0. The third-order valence-electron chi connectivity index (χ3n) is 11.6. The van der Waals surface area contributed by atoms with E-state index in [9.17, 15) is 0 Å². The van der Waals surface area contributed by atoms with Crippen LogP contribution in [0.3, 0.4) is 0 Å². The van der Waals surface area contributed by atoms with Crippen molar-refractivity contribution in [2.45, 2.75) is 38.5 Å². The van der Waals surface area contributed by atoms with E-state index in [1.54, 1.807) is 0 Å². The van der Waals surface area contributed by atoms with Crippen LogP contribution in [0.5, 0.6) is 0 Å². The molecule has 0 saturated heterocycles. The summed E-state index contributed by atoms with van der Waals surface area (Å²) in [5, 5.41) is 2.61. The van der Waals surface area contributed by atoms with Crippen LogP contribution in [0.2, 0.25) is 0 Å². The summed E-state index contributed by atoms with van der Waals surface area (Å²) in [6, 6.07) is 56.7. The Morgan fingerprint density at radius 2 is 0.898 bits per heavy atom. The molecular formula is C48H37N. The Bertz CT molecular complexity index is 2630. The Kier molecular flexibility index (Phi) is 5.75. The number of para-hydroxylation sites is 1. The van der Waals surface area contributed by atoms with Gasteiger partial charge < -0.3 is 4.57 Å². The number of rotatable bonds is 3. The molecule has 0 unspecified atom stereocenters. The maximum Gasteiger partial charge on any atom is 0.0582 e. The van der Waals surface area contributed by atoms with Crippen LogP contribution in [-0.2, 0) is 10.8 Å². The zero-order valence-corrected chi connectivity index (χ0v) is 28.4. The van der Waals surface area contributed by atoms with Crippen molar-refractivity contribution in [3.8, 4) is 50.2 Å². The number of aromatic nitrogens is 1. The van der Waals surface area contributed by atoms with Gasteiger partial charge in [0.05, 0.1) is 16.7 Å². The SMILES string of the molecule is CC1(C)c2ccccc2-c2ccc(-c3cc4c5c(c3)c3cc(-c6ccc(-c7ccccc7)cc6)ccc3n5-c3ccccc3C4(C)C)cc21. The Labute approximate surface area is 288 Å². The highest BCUT2D eigenvalue weighted by molar-refractivity contribution is 6.14. The fourth-order valence-electron chi connectivity index (χ4n) is 8.93. The average molecular weight is 628 g/mol. The van der Waals surface area contributed by atoms with Crippen LogP contribution in [0.25, 0.3) is 72.0 Å². The van der Waals surface area contributed by atoms with Gasteiger partial charge >= 0.3 is 0 Å². The molecule has 2 aliphatic rings. The molecule has 1 aliphatic heterocycles. The molecule has 0 saturated carbocycles. The second kappa shape index (κ2) is 9.94. The van der Waals surface area contributed by atoms with Gasteiger partial charge in [-0.05, 0) is 103 Å². The van der Waals surface area contributed by atoms with Gasteiger partial charge in [-0.25, -0.2) is 0 Å². The Hall–Kier alpha value is -5.66. The first-order valence-electron chi connectivity index (χ1n) is 17.4. The third-order valence-corrected chi connectivity index (χ3v) is 11.6. The van der Waals surface area contributed by atoms with Crippen molar-refractivity contribution in [3.05, 3.63) is 174 Å². The molecule has 0 bridgehead atoms.